The Balaban J connectivity index is 1.93. The van der Waals surface area contributed by atoms with Gasteiger partial charge >= 0.3 is 0 Å². The van der Waals surface area contributed by atoms with Gasteiger partial charge in [0, 0.05) is 13.1 Å². The van der Waals surface area contributed by atoms with E-state index in [0.717, 1.165) is 6.42 Å². The molecule has 0 saturated heterocycles. The van der Waals surface area contributed by atoms with E-state index in [4.69, 9.17) is 14.2 Å². The zero-order chi connectivity index (χ0) is 17.1. The number of methoxy groups -OCH3 is 3. The molecule has 1 aliphatic rings. The summed E-state index contributed by atoms with van der Waals surface area (Å²) < 4.78 is 16.1. The number of amides is 1. The molecule has 0 N–H and O–H groups in total. The maximum absolute atomic E-state index is 13.0. The minimum absolute atomic E-state index is 0.0673. The second kappa shape index (κ2) is 6.83. The molecule has 3 rings (SSSR count). The Morgan fingerprint density at radius 1 is 0.917 bits per heavy atom. The second-order valence-electron chi connectivity index (χ2n) is 5.63. The van der Waals surface area contributed by atoms with Crippen molar-refractivity contribution in [3.8, 4) is 17.2 Å². The predicted octanol–water partition coefficient (Wildman–Crippen LogP) is 2.91. The van der Waals surface area contributed by atoms with Crippen LogP contribution in [0.15, 0.2) is 36.4 Å². The number of carbonyl (C=O) groups is 1. The molecule has 2 aromatic rings. The monoisotopic (exact) mass is 327 g/mol. The lowest BCUT2D eigenvalue weighted by atomic mass is 9.99. The van der Waals surface area contributed by atoms with Gasteiger partial charge in [-0.05, 0) is 29.7 Å². The Labute approximate surface area is 141 Å². The summed E-state index contributed by atoms with van der Waals surface area (Å²) in [5.74, 6) is 1.31. The van der Waals surface area contributed by atoms with E-state index in [2.05, 4.69) is 12.1 Å². The van der Waals surface area contributed by atoms with Crippen LogP contribution in [0.2, 0.25) is 0 Å². The van der Waals surface area contributed by atoms with Gasteiger partial charge in [0.05, 0.1) is 26.9 Å². The molecule has 5 heteroatoms. The lowest BCUT2D eigenvalue weighted by Crippen LogP contribution is -2.36. The predicted molar refractivity (Wildman–Crippen MR) is 91.0 cm³/mol. The van der Waals surface area contributed by atoms with Crippen LogP contribution in [0.1, 0.15) is 21.5 Å². The average molecular weight is 327 g/mol. The van der Waals surface area contributed by atoms with Gasteiger partial charge in [0.2, 0.25) is 5.75 Å². The van der Waals surface area contributed by atoms with E-state index in [1.807, 2.05) is 17.0 Å². The molecule has 2 aromatic carbocycles. The van der Waals surface area contributed by atoms with Crippen LogP contribution < -0.4 is 14.2 Å². The summed E-state index contributed by atoms with van der Waals surface area (Å²) in [6.45, 7) is 1.29. The minimum atomic E-state index is -0.0673. The highest BCUT2D eigenvalue weighted by Crippen LogP contribution is 2.40. The van der Waals surface area contributed by atoms with Crippen molar-refractivity contribution in [1.82, 2.24) is 4.90 Å². The van der Waals surface area contributed by atoms with E-state index in [9.17, 15) is 4.79 Å². The van der Waals surface area contributed by atoms with Crippen molar-refractivity contribution in [1.29, 1.82) is 0 Å². The van der Waals surface area contributed by atoms with Gasteiger partial charge in [0.15, 0.2) is 11.5 Å². The number of hydrogen-bond donors (Lipinski definition) is 0. The summed E-state index contributed by atoms with van der Waals surface area (Å²) in [6, 6.07) is 11.7. The lowest BCUT2D eigenvalue weighted by molar-refractivity contribution is 0.0730. The molecule has 0 bridgehead atoms. The van der Waals surface area contributed by atoms with Crippen molar-refractivity contribution in [2.24, 2.45) is 0 Å². The molecule has 0 aliphatic carbocycles. The highest BCUT2D eigenvalue weighted by molar-refractivity contribution is 5.98. The van der Waals surface area contributed by atoms with Gasteiger partial charge in [0.25, 0.3) is 5.91 Å². The Hall–Kier alpha value is -2.69. The van der Waals surface area contributed by atoms with Gasteiger partial charge in [0.1, 0.15) is 0 Å². The average Bonchev–Trinajstić information content (AvgIpc) is 2.65. The van der Waals surface area contributed by atoms with Crippen molar-refractivity contribution in [2.75, 3.05) is 27.9 Å². The number of rotatable bonds is 4. The van der Waals surface area contributed by atoms with E-state index in [-0.39, 0.29) is 5.91 Å². The number of carbonyl (C=O) groups excluding carboxylic acids is 1. The molecule has 0 aromatic heterocycles. The normalized spacial score (nSPS) is 13.2. The summed E-state index contributed by atoms with van der Waals surface area (Å²) in [5, 5.41) is 0. The van der Waals surface area contributed by atoms with Gasteiger partial charge in [-0.25, -0.2) is 0 Å². The van der Waals surface area contributed by atoms with Crippen LogP contribution in [-0.4, -0.2) is 38.7 Å². The number of ether oxygens (including phenoxy) is 3. The molecule has 0 radical (unpaired) electrons. The number of benzene rings is 2. The number of hydrogen-bond acceptors (Lipinski definition) is 4. The molecule has 1 heterocycles. The lowest BCUT2D eigenvalue weighted by Gasteiger charge is -2.29. The van der Waals surface area contributed by atoms with Crippen LogP contribution in [0.5, 0.6) is 17.2 Å². The zero-order valence-corrected chi connectivity index (χ0v) is 14.2. The highest BCUT2D eigenvalue weighted by atomic mass is 16.5. The first-order chi connectivity index (χ1) is 11.7. The Bertz CT molecular complexity index is 757. The number of nitrogens with zero attached hydrogens (tertiary/aromatic N) is 1. The quantitative estimate of drug-likeness (QED) is 0.866. The van der Waals surface area contributed by atoms with Gasteiger partial charge in [-0.1, -0.05) is 24.3 Å². The molecule has 1 amide bonds. The van der Waals surface area contributed by atoms with Crippen LogP contribution in [0.25, 0.3) is 0 Å². The molecular formula is C19H21NO4. The fourth-order valence-electron chi connectivity index (χ4n) is 3.11. The Morgan fingerprint density at radius 2 is 1.62 bits per heavy atom. The first-order valence-electron chi connectivity index (χ1n) is 7.84. The third kappa shape index (κ3) is 2.77. The molecule has 5 nitrogen and oxygen atoms in total. The molecule has 0 unspecified atom stereocenters. The molecule has 0 fully saturated rings. The van der Waals surface area contributed by atoms with E-state index in [1.165, 1.54) is 25.3 Å². The van der Waals surface area contributed by atoms with Crippen LogP contribution in [0.4, 0.5) is 0 Å². The molecule has 126 valence electrons. The molecule has 1 aliphatic heterocycles. The smallest absolute Gasteiger partial charge is 0.258 e. The van der Waals surface area contributed by atoms with E-state index < -0.39 is 0 Å². The van der Waals surface area contributed by atoms with Crippen LogP contribution in [0, 0.1) is 0 Å². The van der Waals surface area contributed by atoms with Gasteiger partial charge in [-0.2, -0.15) is 0 Å². The maximum Gasteiger partial charge on any atom is 0.258 e. The molecule has 0 atom stereocenters. The Kier molecular flexibility index (Phi) is 4.60. The third-order valence-electron chi connectivity index (χ3n) is 4.35. The van der Waals surface area contributed by atoms with Crippen LogP contribution >= 0.6 is 0 Å². The summed E-state index contributed by atoms with van der Waals surface area (Å²) in [4.78, 5) is 14.8. The molecular weight excluding hydrogens is 306 g/mol. The standard InChI is InChI=1S/C19H21NO4/c1-22-16-9-8-15(17(23-2)18(16)24-3)19(21)20-11-10-13-6-4-5-7-14(13)12-20/h4-9H,10-12H2,1-3H3. The van der Waals surface area contributed by atoms with Crippen LogP contribution in [-0.2, 0) is 13.0 Å². The topological polar surface area (TPSA) is 48.0 Å². The summed E-state index contributed by atoms with van der Waals surface area (Å²) in [6.07, 6.45) is 0.859. The first-order valence-corrected chi connectivity index (χ1v) is 7.84. The fourth-order valence-corrected chi connectivity index (χ4v) is 3.11. The zero-order valence-electron chi connectivity index (χ0n) is 14.2. The maximum atomic E-state index is 13.0. The molecule has 0 saturated carbocycles. The van der Waals surface area contributed by atoms with Gasteiger partial charge < -0.3 is 19.1 Å². The van der Waals surface area contributed by atoms with Crippen molar-refractivity contribution < 1.29 is 19.0 Å². The van der Waals surface area contributed by atoms with Crippen molar-refractivity contribution in [3.05, 3.63) is 53.1 Å². The van der Waals surface area contributed by atoms with Gasteiger partial charge in [-0.15, -0.1) is 0 Å². The summed E-state index contributed by atoms with van der Waals surface area (Å²) in [7, 11) is 4.62. The first kappa shape index (κ1) is 16.2. The molecule has 24 heavy (non-hydrogen) atoms. The fraction of sp³-hybridized carbons (Fsp3) is 0.316. The van der Waals surface area contributed by atoms with Crippen molar-refractivity contribution in [2.45, 2.75) is 13.0 Å². The summed E-state index contributed by atoms with van der Waals surface area (Å²) in [5.41, 5.74) is 2.98. The summed E-state index contributed by atoms with van der Waals surface area (Å²) >= 11 is 0. The van der Waals surface area contributed by atoms with Crippen molar-refractivity contribution in [3.63, 3.8) is 0 Å². The molecule has 0 spiro atoms. The largest absolute Gasteiger partial charge is 0.493 e. The third-order valence-corrected chi connectivity index (χ3v) is 4.35. The van der Waals surface area contributed by atoms with Crippen LogP contribution in [0.3, 0.4) is 0 Å². The highest BCUT2D eigenvalue weighted by Gasteiger charge is 2.26. The Morgan fingerprint density at radius 3 is 2.29 bits per heavy atom. The second-order valence-corrected chi connectivity index (χ2v) is 5.63. The van der Waals surface area contributed by atoms with E-state index in [1.54, 1.807) is 19.2 Å². The van der Waals surface area contributed by atoms with E-state index >= 15 is 0 Å². The SMILES string of the molecule is COc1ccc(C(=O)N2CCc3ccccc3C2)c(OC)c1OC. The van der Waals surface area contributed by atoms with Crippen molar-refractivity contribution >= 4 is 5.91 Å². The van der Waals surface area contributed by atoms with E-state index in [0.29, 0.717) is 35.9 Å². The van der Waals surface area contributed by atoms with Gasteiger partial charge in [-0.3, -0.25) is 4.79 Å². The number of fused-ring (bicyclic) bond motifs is 1. The minimum Gasteiger partial charge on any atom is -0.493 e.